The second kappa shape index (κ2) is 10.7. The van der Waals surface area contributed by atoms with Gasteiger partial charge in [0.1, 0.15) is 17.7 Å². The summed E-state index contributed by atoms with van der Waals surface area (Å²) in [6, 6.07) is 16.9. The third kappa shape index (κ3) is 5.38. The van der Waals surface area contributed by atoms with Crippen molar-refractivity contribution in [1.82, 2.24) is 9.78 Å². The second-order valence-corrected chi connectivity index (χ2v) is 10.0. The zero-order valence-corrected chi connectivity index (χ0v) is 20.4. The number of nitrogens with one attached hydrogen (secondary N) is 1. The molecule has 8 heteroatoms. The maximum absolute atomic E-state index is 14.5. The molecule has 1 aromatic heterocycles. The lowest BCUT2D eigenvalue weighted by Gasteiger charge is -2.31. The number of aliphatic hydroxyl groups excluding tert-OH is 1. The highest BCUT2D eigenvalue weighted by molar-refractivity contribution is 5.67. The first kappa shape index (κ1) is 24.3. The van der Waals surface area contributed by atoms with Crippen molar-refractivity contribution in [2.45, 2.75) is 50.7 Å². The van der Waals surface area contributed by atoms with Crippen molar-refractivity contribution in [3.8, 4) is 23.0 Å². The van der Waals surface area contributed by atoms with Gasteiger partial charge in [0.05, 0.1) is 23.0 Å². The Balaban J connectivity index is 1.42. The first-order valence-corrected chi connectivity index (χ1v) is 12.8. The van der Waals surface area contributed by atoms with E-state index in [2.05, 4.69) is 22.3 Å². The minimum absolute atomic E-state index is 0.0211. The lowest BCUT2D eigenvalue weighted by atomic mass is 9.86. The third-order valence-corrected chi connectivity index (χ3v) is 7.41. The Bertz CT molecular complexity index is 1230. The average molecular weight is 489 g/mol. The van der Waals surface area contributed by atoms with E-state index in [4.69, 9.17) is 16.1 Å². The van der Waals surface area contributed by atoms with E-state index in [-0.39, 0.29) is 17.7 Å². The quantitative estimate of drug-likeness (QED) is 0.474. The molecule has 2 heterocycles. The molecule has 2 aliphatic rings. The smallest absolute Gasteiger partial charge is 0.149 e. The Morgan fingerprint density at radius 2 is 1.81 bits per heavy atom. The first-order valence-electron chi connectivity index (χ1n) is 12.8. The third-order valence-electron chi connectivity index (χ3n) is 7.41. The largest absolute Gasteiger partial charge is 0.393 e. The van der Waals surface area contributed by atoms with Gasteiger partial charge in [-0.2, -0.15) is 5.26 Å². The molecule has 0 spiro atoms. The van der Waals surface area contributed by atoms with Crippen LogP contribution in [0.1, 0.15) is 44.1 Å². The summed E-state index contributed by atoms with van der Waals surface area (Å²) in [5, 5.41) is 27.2. The van der Waals surface area contributed by atoms with Crippen LogP contribution in [0.4, 0.5) is 15.9 Å². The van der Waals surface area contributed by atoms with E-state index in [1.54, 1.807) is 6.07 Å². The molecule has 5 rings (SSSR count). The molecule has 4 N–H and O–H groups in total. The summed E-state index contributed by atoms with van der Waals surface area (Å²) in [7, 11) is 0. The number of halogens is 1. The van der Waals surface area contributed by atoms with Crippen molar-refractivity contribution in [3.63, 3.8) is 0 Å². The summed E-state index contributed by atoms with van der Waals surface area (Å²) < 4.78 is 16.3. The summed E-state index contributed by atoms with van der Waals surface area (Å²) in [6.45, 7) is 2.46. The molecule has 2 atom stereocenters. The molecule has 0 amide bonds. The highest BCUT2D eigenvalue weighted by atomic mass is 19.1. The topological polar surface area (TPSA) is 103 Å². The predicted molar refractivity (Wildman–Crippen MR) is 140 cm³/mol. The fourth-order valence-corrected chi connectivity index (χ4v) is 5.33. The van der Waals surface area contributed by atoms with Crippen LogP contribution < -0.4 is 16.0 Å². The number of hydrogen-bond donors (Lipinski definition) is 3. The Morgan fingerprint density at radius 1 is 1.06 bits per heavy atom. The number of aliphatic hydroxyl groups is 1. The van der Waals surface area contributed by atoms with E-state index >= 15 is 0 Å². The zero-order valence-electron chi connectivity index (χ0n) is 20.4. The molecule has 188 valence electrons. The van der Waals surface area contributed by atoms with Crippen molar-refractivity contribution in [1.29, 1.82) is 5.26 Å². The van der Waals surface area contributed by atoms with Gasteiger partial charge in [-0.3, -0.25) is 0 Å². The van der Waals surface area contributed by atoms with Crippen molar-refractivity contribution in [2.24, 2.45) is 11.7 Å². The summed E-state index contributed by atoms with van der Waals surface area (Å²) >= 11 is 0. The maximum atomic E-state index is 14.5. The predicted octanol–water partition coefficient (Wildman–Crippen LogP) is 4.44. The SMILES string of the molecule is N#Cc1ccc(-c2cc(NC[C@H]3CCC[C@H](N)C3)nn2-c2ccc(N3CCC(O)CC3)cc2)cc1F. The van der Waals surface area contributed by atoms with Gasteiger partial charge >= 0.3 is 0 Å². The summed E-state index contributed by atoms with van der Waals surface area (Å²) in [4.78, 5) is 2.28. The van der Waals surface area contributed by atoms with Gasteiger partial charge in [0.15, 0.2) is 0 Å². The van der Waals surface area contributed by atoms with Gasteiger partial charge in [-0.25, -0.2) is 9.07 Å². The number of nitriles is 1. The standard InChI is InChI=1S/C28H33FN6O/c29-26-15-20(4-5-21(26)17-30)27-16-28(32-18-19-2-1-3-22(31)14-19)33-35(27)24-8-6-23(7-9-24)34-12-10-25(36)11-13-34/h4-9,15-16,19,22,25,36H,1-3,10-14,18,31H2,(H,32,33)/t19-,22-/m0/s1. The van der Waals surface area contributed by atoms with Gasteiger partial charge in [-0.05, 0) is 74.4 Å². The van der Waals surface area contributed by atoms with Crippen LogP contribution in [0.5, 0.6) is 0 Å². The summed E-state index contributed by atoms with van der Waals surface area (Å²) in [5.74, 6) is 0.691. The molecule has 2 aromatic carbocycles. The number of nitrogens with two attached hydrogens (primary N) is 1. The molecule has 1 saturated carbocycles. The van der Waals surface area contributed by atoms with E-state index in [9.17, 15) is 9.50 Å². The van der Waals surface area contributed by atoms with E-state index < -0.39 is 5.82 Å². The number of rotatable bonds is 6. The number of anilines is 2. The Labute approximate surface area is 211 Å². The van der Waals surface area contributed by atoms with Crippen LogP contribution in [0, 0.1) is 23.1 Å². The lowest BCUT2D eigenvalue weighted by molar-refractivity contribution is 0.145. The highest BCUT2D eigenvalue weighted by Gasteiger charge is 2.21. The van der Waals surface area contributed by atoms with Crippen LogP contribution in [0.2, 0.25) is 0 Å². The van der Waals surface area contributed by atoms with Crippen LogP contribution >= 0.6 is 0 Å². The molecular formula is C28H33FN6O. The van der Waals surface area contributed by atoms with Crippen molar-refractivity contribution in [3.05, 3.63) is 59.9 Å². The van der Waals surface area contributed by atoms with Crippen LogP contribution in [0.15, 0.2) is 48.5 Å². The number of hydrogen-bond acceptors (Lipinski definition) is 6. The maximum Gasteiger partial charge on any atom is 0.149 e. The minimum Gasteiger partial charge on any atom is -0.393 e. The van der Waals surface area contributed by atoms with Gasteiger partial charge in [-0.1, -0.05) is 12.5 Å². The molecule has 3 aromatic rings. The van der Waals surface area contributed by atoms with E-state index in [1.807, 2.05) is 29.0 Å². The molecule has 1 aliphatic heterocycles. The fraction of sp³-hybridized carbons (Fsp3) is 0.429. The summed E-state index contributed by atoms with van der Waals surface area (Å²) in [6.07, 6.45) is 5.75. The van der Waals surface area contributed by atoms with Gasteiger partial charge in [0, 0.05) is 43.0 Å². The van der Waals surface area contributed by atoms with E-state index in [0.29, 0.717) is 11.5 Å². The summed E-state index contributed by atoms with van der Waals surface area (Å²) in [5.41, 5.74) is 9.55. The van der Waals surface area contributed by atoms with Gasteiger partial charge < -0.3 is 21.1 Å². The van der Waals surface area contributed by atoms with Crippen LogP contribution in [-0.2, 0) is 0 Å². The fourth-order valence-electron chi connectivity index (χ4n) is 5.33. The molecular weight excluding hydrogens is 455 g/mol. The average Bonchev–Trinajstić information content (AvgIpc) is 3.32. The molecule has 0 unspecified atom stereocenters. The van der Waals surface area contributed by atoms with Gasteiger partial charge in [0.2, 0.25) is 0 Å². The molecule has 0 radical (unpaired) electrons. The minimum atomic E-state index is -0.545. The van der Waals surface area contributed by atoms with Crippen molar-refractivity contribution >= 4 is 11.5 Å². The van der Waals surface area contributed by atoms with Crippen LogP contribution in [0.25, 0.3) is 16.9 Å². The van der Waals surface area contributed by atoms with E-state index in [1.165, 1.54) is 12.1 Å². The molecule has 1 saturated heterocycles. The van der Waals surface area contributed by atoms with Crippen molar-refractivity contribution in [2.75, 3.05) is 29.9 Å². The number of nitrogens with zero attached hydrogens (tertiary/aromatic N) is 4. The molecule has 36 heavy (non-hydrogen) atoms. The number of piperidine rings is 1. The number of benzene rings is 2. The van der Waals surface area contributed by atoms with Gasteiger partial charge in [0.25, 0.3) is 0 Å². The second-order valence-electron chi connectivity index (χ2n) is 10.0. The monoisotopic (exact) mass is 488 g/mol. The Kier molecular flexibility index (Phi) is 7.21. The Hall–Kier alpha value is -3.41. The van der Waals surface area contributed by atoms with Gasteiger partial charge in [-0.15, -0.1) is 5.10 Å². The Morgan fingerprint density at radius 3 is 2.50 bits per heavy atom. The molecule has 2 fully saturated rings. The van der Waals surface area contributed by atoms with Crippen LogP contribution in [-0.4, -0.2) is 46.7 Å². The van der Waals surface area contributed by atoms with E-state index in [0.717, 1.165) is 81.0 Å². The number of aromatic nitrogens is 2. The first-order chi connectivity index (χ1) is 17.5. The lowest BCUT2D eigenvalue weighted by Crippen LogP contribution is -2.35. The van der Waals surface area contributed by atoms with Crippen LogP contribution in [0.3, 0.4) is 0 Å². The molecule has 1 aliphatic carbocycles. The molecule has 7 nitrogen and oxygen atoms in total. The zero-order chi connectivity index (χ0) is 25.1. The normalized spacial score (nSPS) is 20.8. The highest BCUT2D eigenvalue weighted by Crippen LogP contribution is 2.30. The molecule has 0 bridgehead atoms. The van der Waals surface area contributed by atoms with Crippen molar-refractivity contribution < 1.29 is 9.50 Å².